The summed E-state index contributed by atoms with van der Waals surface area (Å²) in [5, 5.41) is 6.21. The van der Waals surface area contributed by atoms with Crippen molar-refractivity contribution in [2.75, 3.05) is 12.4 Å². The second kappa shape index (κ2) is 10.4. The molecule has 0 saturated heterocycles. The van der Waals surface area contributed by atoms with Crippen molar-refractivity contribution < 1.29 is 23.9 Å². The first-order valence-corrected chi connectivity index (χ1v) is 9.21. The van der Waals surface area contributed by atoms with Gasteiger partial charge in [0.1, 0.15) is 11.5 Å². The number of esters is 1. The van der Waals surface area contributed by atoms with E-state index in [0.717, 1.165) is 0 Å². The van der Waals surface area contributed by atoms with Gasteiger partial charge in [-0.15, -0.1) is 0 Å². The van der Waals surface area contributed by atoms with Crippen LogP contribution in [0.4, 0.5) is 5.69 Å². The van der Waals surface area contributed by atoms with E-state index >= 15 is 0 Å². The van der Waals surface area contributed by atoms with E-state index in [2.05, 4.69) is 15.8 Å². The van der Waals surface area contributed by atoms with E-state index in [1.54, 1.807) is 86.0 Å². The van der Waals surface area contributed by atoms with E-state index < -0.39 is 17.8 Å². The summed E-state index contributed by atoms with van der Waals surface area (Å²) < 4.78 is 10.4. The molecule has 8 heteroatoms. The highest BCUT2D eigenvalue weighted by molar-refractivity contribution is 6.39. The van der Waals surface area contributed by atoms with Crippen LogP contribution in [0.1, 0.15) is 15.9 Å². The number of hydrazone groups is 1. The van der Waals surface area contributed by atoms with E-state index in [4.69, 9.17) is 9.47 Å². The third-order valence-corrected chi connectivity index (χ3v) is 4.03. The zero-order valence-electron chi connectivity index (χ0n) is 16.6. The van der Waals surface area contributed by atoms with Gasteiger partial charge in [-0.3, -0.25) is 9.59 Å². The van der Waals surface area contributed by atoms with Crippen LogP contribution in [0.5, 0.6) is 11.5 Å². The molecule has 0 radical (unpaired) electrons. The van der Waals surface area contributed by atoms with Gasteiger partial charge in [0.25, 0.3) is 0 Å². The maximum absolute atomic E-state index is 12.2. The van der Waals surface area contributed by atoms with Gasteiger partial charge in [-0.05, 0) is 66.2 Å². The maximum Gasteiger partial charge on any atom is 0.343 e. The van der Waals surface area contributed by atoms with Crippen molar-refractivity contribution >= 4 is 29.7 Å². The van der Waals surface area contributed by atoms with Crippen LogP contribution in [0.2, 0.25) is 0 Å². The molecule has 0 aromatic heterocycles. The van der Waals surface area contributed by atoms with E-state index in [1.807, 2.05) is 0 Å². The summed E-state index contributed by atoms with van der Waals surface area (Å²) in [6, 6.07) is 21.6. The van der Waals surface area contributed by atoms with E-state index in [1.165, 1.54) is 6.21 Å². The average Bonchev–Trinajstić information content (AvgIpc) is 2.80. The summed E-state index contributed by atoms with van der Waals surface area (Å²) in [6.45, 7) is 0. The van der Waals surface area contributed by atoms with Crippen molar-refractivity contribution in [3.63, 3.8) is 0 Å². The monoisotopic (exact) mass is 417 g/mol. The minimum absolute atomic E-state index is 0.351. The summed E-state index contributed by atoms with van der Waals surface area (Å²) in [4.78, 5) is 35.8. The average molecular weight is 417 g/mol. The number of rotatable bonds is 6. The van der Waals surface area contributed by atoms with E-state index in [-0.39, 0.29) is 0 Å². The first kappa shape index (κ1) is 21.3. The van der Waals surface area contributed by atoms with Gasteiger partial charge in [0.15, 0.2) is 0 Å². The number of ether oxygens (including phenoxy) is 2. The molecule has 0 aliphatic heterocycles. The van der Waals surface area contributed by atoms with Gasteiger partial charge in [0.05, 0.1) is 18.9 Å². The van der Waals surface area contributed by atoms with Crippen molar-refractivity contribution in [3.05, 3.63) is 90.0 Å². The molecule has 0 unspecified atom stereocenters. The largest absolute Gasteiger partial charge is 0.497 e. The van der Waals surface area contributed by atoms with Crippen molar-refractivity contribution in [3.8, 4) is 11.5 Å². The summed E-state index contributed by atoms with van der Waals surface area (Å²) in [7, 11) is 1.54. The van der Waals surface area contributed by atoms with Gasteiger partial charge in [-0.2, -0.15) is 5.10 Å². The Morgan fingerprint density at radius 1 is 0.806 bits per heavy atom. The molecule has 31 heavy (non-hydrogen) atoms. The SMILES string of the molecule is COc1ccc(C(=O)Oc2ccc(/C=N/NC(=O)C(=O)Nc3ccccc3)cc2)cc1. The number of amides is 2. The number of benzene rings is 3. The molecule has 156 valence electrons. The predicted octanol–water partition coefficient (Wildman–Crippen LogP) is 3.00. The molecular weight excluding hydrogens is 398 g/mol. The minimum Gasteiger partial charge on any atom is -0.497 e. The van der Waals surface area contributed by atoms with Crippen LogP contribution < -0.4 is 20.2 Å². The smallest absolute Gasteiger partial charge is 0.343 e. The summed E-state index contributed by atoms with van der Waals surface area (Å²) in [5.41, 5.74) is 3.68. The first-order chi connectivity index (χ1) is 15.0. The molecule has 3 aromatic rings. The molecular formula is C23H19N3O5. The Morgan fingerprint density at radius 3 is 2.10 bits per heavy atom. The molecule has 2 N–H and O–H groups in total. The quantitative estimate of drug-likeness (QED) is 0.211. The highest BCUT2D eigenvalue weighted by Crippen LogP contribution is 2.16. The molecule has 2 amide bonds. The molecule has 8 nitrogen and oxygen atoms in total. The number of hydrogen-bond donors (Lipinski definition) is 2. The fourth-order valence-corrected chi connectivity index (χ4v) is 2.44. The number of nitrogens with one attached hydrogen (secondary N) is 2. The number of para-hydroxylation sites is 1. The van der Waals surface area contributed by atoms with Crippen LogP contribution >= 0.6 is 0 Å². The molecule has 0 saturated carbocycles. The fourth-order valence-electron chi connectivity index (χ4n) is 2.44. The summed E-state index contributed by atoms with van der Waals surface area (Å²) in [6.07, 6.45) is 1.36. The zero-order valence-corrected chi connectivity index (χ0v) is 16.6. The molecule has 0 spiro atoms. The summed E-state index contributed by atoms with van der Waals surface area (Å²) >= 11 is 0. The number of methoxy groups -OCH3 is 1. The number of carbonyl (C=O) groups excluding carboxylic acids is 3. The van der Waals surface area contributed by atoms with Crippen molar-refractivity contribution in [2.45, 2.75) is 0 Å². The van der Waals surface area contributed by atoms with Crippen molar-refractivity contribution in [2.24, 2.45) is 5.10 Å². The second-order valence-electron chi connectivity index (χ2n) is 6.21. The standard InChI is InChI=1S/C23H19N3O5/c1-30-19-13-9-17(10-14-19)23(29)31-20-11-7-16(8-12-20)15-24-26-22(28)21(27)25-18-5-3-2-4-6-18/h2-15H,1H3,(H,25,27)(H,26,28)/b24-15+. The van der Waals surface area contributed by atoms with Crippen LogP contribution in [0.3, 0.4) is 0 Å². The number of hydrogen-bond acceptors (Lipinski definition) is 6. The van der Waals surface area contributed by atoms with Gasteiger partial charge >= 0.3 is 17.8 Å². The molecule has 0 aliphatic carbocycles. The Balaban J connectivity index is 1.50. The predicted molar refractivity (Wildman–Crippen MR) is 115 cm³/mol. The topological polar surface area (TPSA) is 106 Å². The van der Waals surface area contributed by atoms with Crippen LogP contribution in [-0.4, -0.2) is 31.1 Å². The van der Waals surface area contributed by atoms with Gasteiger partial charge in [0.2, 0.25) is 0 Å². The van der Waals surface area contributed by atoms with Crippen LogP contribution in [-0.2, 0) is 9.59 Å². The molecule has 0 bridgehead atoms. The second-order valence-corrected chi connectivity index (χ2v) is 6.21. The molecule has 0 fully saturated rings. The first-order valence-electron chi connectivity index (χ1n) is 9.21. The zero-order chi connectivity index (χ0) is 22.1. The Labute approximate surface area is 178 Å². The molecule has 0 aliphatic rings. The third kappa shape index (κ3) is 6.26. The molecule has 3 rings (SSSR count). The third-order valence-electron chi connectivity index (χ3n) is 4.03. The van der Waals surface area contributed by atoms with Crippen molar-refractivity contribution in [1.82, 2.24) is 5.43 Å². The normalized spacial score (nSPS) is 10.4. The maximum atomic E-state index is 12.2. The molecule has 3 aromatic carbocycles. The van der Waals surface area contributed by atoms with Crippen LogP contribution in [0, 0.1) is 0 Å². The lowest BCUT2D eigenvalue weighted by atomic mass is 10.2. The Morgan fingerprint density at radius 2 is 1.45 bits per heavy atom. The van der Waals surface area contributed by atoms with Gasteiger partial charge < -0.3 is 14.8 Å². The summed E-state index contributed by atoms with van der Waals surface area (Å²) in [5.74, 6) is -1.23. The number of anilines is 1. The lowest BCUT2D eigenvalue weighted by molar-refractivity contribution is -0.136. The van der Waals surface area contributed by atoms with Crippen LogP contribution in [0.25, 0.3) is 0 Å². The van der Waals surface area contributed by atoms with Gasteiger partial charge in [0, 0.05) is 5.69 Å². The highest BCUT2D eigenvalue weighted by Gasteiger charge is 2.12. The lowest BCUT2D eigenvalue weighted by Crippen LogP contribution is -2.32. The molecule has 0 atom stereocenters. The van der Waals surface area contributed by atoms with Crippen LogP contribution in [0.15, 0.2) is 84.0 Å². The van der Waals surface area contributed by atoms with Gasteiger partial charge in [-0.1, -0.05) is 18.2 Å². The lowest BCUT2D eigenvalue weighted by Gasteiger charge is -2.05. The minimum atomic E-state index is -0.898. The Bertz CT molecular complexity index is 1080. The fraction of sp³-hybridized carbons (Fsp3) is 0.0435. The van der Waals surface area contributed by atoms with E-state index in [9.17, 15) is 14.4 Å². The molecule has 0 heterocycles. The van der Waals surface area contributed by atoms with Crippen molar-refractivity contribution in [1.29, 1.82) is 0 Å². The van der Waals surface area contributed by atoms with Gasteiger partial charge in [-0.25, -0.2) is 10.2 Å². The van der Waals surface area contributed by atoms with E-state index in [0.29, 0.717) is 28.3 Å². The Kier molecular flexibility index (Phi) is 7.10. The number of nitrogens with zero attached hydrogens (tertiary/aromatic N) is 1. The number of carbonyl (C=O) groups is 3. The highest BCUT2D eigenvalue weighted by atomic mass is 16.5. The Hall–Kier alpha value is -4.46.